The molecule has 3 rings (SSSR count). The van der Waals surface area contributed by atoms with Crippen LogP contribution >= 0.6 is 0 Å². The Labute approximate surface area is 124 Å². The zero-order chi connectivity index (χ0) is 15.0. The van der Waals surface area contributed by atoms with E-state index in [-0.39, 0.29) is 18.0 Å². The molecule has 0 bridgehead atoms. The molecule has 0 radical (unpaired) electrons. The molecule has 0 spiro atoms. The van der Waals surface area contributed by atoms with Crippen molar-refractivity contribution in [2.75, 3.05) is 6.54 Å². The molecular weight excluding hydrogens is 266 g/mol. The summed E-state index contributed by atoms with van der Waals surface area (Å²) in [4.78, 5) is 12.7. The number of fused-ring (bicyclic) bond motifs is 1. The monoisotopic (exact) mass is 287 g/mol. The Kier molecular flexibility index (Phi) is 3.78. The van der Waals surface area contributed by atoms with Crippen molar-refractivity contribution in [3.8, 4) is 0 Å². The SMILES string of the molecule is C=C([C@@H]1Cc2ccccc2[C@@H]1N)N1CCCC1C(O)N=O. The quantitative estimate of drug-likeness (QED) is 0.829. The van der Waals surface area contributed by atoms with Crippen LogP contribution in [0.1, 0.15) is 30.0 Å². The molecule has 2 aliphatic rings. The average molecular weight is 287 g/mol. The zero-order valence-corrected chi connectivity index (χ0v) is 12.0. The number of aliphatic hydroxyl groups excluding tert-OH is 1. The van der Waals surface area contributed by atoms with Gasteiger partial charge in [0.1, 0.15) is 0 Å². The number of hydrogen-bond donors (Lipinski definition) is 2. The molecule has 1 saturated heterocycles. The molecule has 21 heavy (non-hydrogen) atoms. The maximum absolute atomic E-state index is 10.6. The van der Waals surface area contributed by atoms with Gasteiger partial charge in [0.15, 0.2) is 0 Å². The molecule has 0 saturated carbocycles. The molecule has 1 heterocycles. The molecule has 0 amide bonds. The maximum atomic E-state index is 10.6. The molecule has 1 aromatic rings. The van der Waals surface area contributed by atoms with E-state index in [0.717, 1.165) is 31.5 Å². The Morgan fingerprint density at radius 3 is 2.95 bits per heavy atom. The molecule has 5 nitrogen and oxygen atoms in total. The summed E-state index contributed by atoms with van der Waals surface area (Å²) >= 11 is 0. The summed E-state index contributed by atoms with van der Waals surface area (Å²) in [5.74, 6) is 0.127. The van der Waals surface area contributed by atoms with Gasteiger partial charge in [0.05, 0.1) is 6.04 Å². The second-order valence-corrected chi connectivity index (χ2v) is 5.95. The van der Waals surface area contributed by atoms with Gasteiger partial charge in [0, 0.05) is 24.2 Å². The Morgan fingerprint density at radius 2 is 2.24 bits per heavy atom. The van der Waals surface area contributed by atoms with Crippen LogP contribution in [0, 0.1) is 10.8 Å². The Bertz CT molecular complexity index is 560. The van der Waals surface area contributed by atoms with Crippen LogP contribution < -0.4 is 5.73 Å². The van der Waals surface area contributed by atoms with E-state index in [1.807, 2.05) is 17.0 Å². The van der Waals surface area contributed by atoms with Crippen LogP contribution in [0.5, 0.6) is 0 Å². The molecular formula is C16H21N3O2. The van der Waals surface area contributed by atoms with Gasteiger partial charge in [-0.15, -0.1) is 4.91 Å². The average Bonchev–Trinajstić information content (AvgIpc) is 3.11. The number of rotatable bonds is 4. The summed E-state index contributed by atoms with van der Waals surface area (Å²) in [5, 5.41) is 12.5. The number of likely N-dealkylation sites (tertiary alicyclic amines) is 1. The van der Waals surface area contributed by atoms with Gasteiger partial charge in [-0.05, 0) is 35.6 Å². The van der Waals surface area contributed by atoms with Crippen molar-refractivity contribution in [2.45, 2.75) is 37.6 Å². The standard InChI is InChI=1S/C16H21N3O2/c1-10(19-8-4-7-14(19)16(20)18-21)13-9-11-5-2-3-6-12(11)15(13)17/h2-3,5-6,13-16,20H,1,4,7-9,17H2/t13-,14?,15-,16?/m0/s1. The van der Waals surface area contributed by atoms with Crippen molar-refractivity contribution < 1.29 is 5.11 Å². The lowest BCUT2D eigenvalue weighted by Crippen LogP contribution is -2.40. The largest absolute Gasteiger partial charge is 0.367 e. The van der Waals surface area contributed by atoms with Gasteiger partial charge < -0.3 is 15.7 Å². The number of aliphatic hydroxyl groups is 1. The van der Waals surface area contributed by atoms with Crippen LogP contribution in [-0.4, -0.2) is 28.8 Å². The smallest absolute Gasteiger partial charge is 0.207 e. The van der Waals surface area contributed by atoms with Crippen LogP contribution in [0.25, 0.3) is 0 Å². The van der Waals surface area contributed by atoms with Crippen LogP contribution in [0.4, 0.5) is 0 Å². The van der Waals surface area contributed by atoms with E-state index in [0.29, 0.717) is 0 Å². The fraction of sp³-hybridized carbons (Fsp3) is 0.500. The Balaban J connectivity index is 1.79. The highest BCUT2D eigenvalue weighted by molar-refractivity contribution is 5.38. The van der Waals surface area contributed by atoms with Crippen molar-refractivity contribution >= 4 is 0 Å². The summed E-state index contributed by atoms with van der Waals surface area (Å²) in [6.07, 6.45) is 1.37. The van der Waals surface area contributed by atoms with Gasteiger partial charge in [-0.25, -0.2) is 0 Å². The molecule has 0 aromatic heterocycles. The summed E-state index contributed by atoms with van der Waals surface area (Å²) in [6.45, 7) is 5.01. The fourth-order valence-corrected chi connectivity index (χ4v) is 3.69. The molecule has 1 fully saturated rings. The fourth-order valence-electron chi connectivity index (χ4n) is 3.69. The lowest BCUT2D eigenvalue weighted by Gasteiger charge is -2.33. The number of benzene rings is 1. The maximum Gasteiger partial charge on any atom is 0.207 e. The molecule has 2 unspecified atom stereocenters. The predicted molar refractivity (Wildman–Crippen MR) is 81.2 cm³/mol. The second-order valence-electron chi connectivity index (χ2n) is 5.95. The lowest BCUT2D eigenvalue weighted by atomic mass is 9.97. The van der Waals surface area contributed by atoms with Gasteiger partial charge in [0.2, 0.25) is 6.23 Å². The van der Waals surface area contributed by atoms with Gasteiger partial charge >= 0.3 is 0 Å². The highest BCUT2D eigenvalue weighted by Crippen LogP contribution is 2.41. The Hall–Kier alpha value is -1.72. The van der Waals surface area contributed by atoms with Gasteiger partial charge in [0.25, 0.3) is 0 Å². The first kappa shape index (κ1) is 14.2. The minimum absolute atomic E-state index is 0.0729. The number of hydrogen-bond acceptors (Lipinski definition) is 5. The van der Waals surface area contributed by atoms with Crippen molar-refractivity contribution in [1.29, 1.82) is 0 Å². The van der Waals surface area contributed by atoms with E-state index in [4.69, 9.17) is 5.73 Å². The van der Waals surface area contributed by atoms with Crippen molar-refractivity contribution in [1.82, 2.24) is 4.90 Å². The van der Waals surface area contributed by atoms with Gasteiger partial charge in [-0.2, -0.15) is 0 Å². The van der Waals surface area contributed by atoms with Gasteiger partial charge in [-0.1, -0.05) is 30.8 Å². The zero-order valence-electron chi connectivity index (χ0n) is 12.0. The topological polar surface area (TPSA) is 78.9 Å². The second kappa shape index (κ2) is 5.58. The molecule has 1 aromatic carbocycles. The minimum atomic E-state index is -1.19. The van der Waals surface area contributed by atoms with E-state index >= 15 is 0 Å². The third kappa shape index (κ3) is 2.36. The highest BCUT2D eigenvalue weighted by atomic mass is 16.3. The molecule has 112 valence electrons. The van der Waals surface area contributed by atoms with E-state index in [1.54, 1.807) is 0 Å². The molecule has 5 heteroatoms. The lowest BCUT2D eigenvalue weighted by molar-refractivity contribution is 0.0886. The van der Waals surface area contributed by atoms with E-state index in [2.05, 4.69) is 23.9 Å². The first-order chi connectivity index (χ1) is 10.1. The Morgan fingerprint density at radius 1 is 1.48 bits per heavy atom. The number of nitrogens with zero attached hydrogens (tertiary/aromatic N) is 2. The van der Waals surface area contributed by atoms with Gasteiger partial charge in [-0.3, -0.25) is 0 Å². The molecule has 4 atom stereocenters. The summed E-state index contributed by atoms with van der Waals surface area (Å²) in [5.41, 5.74) is 9.74. The minimum Gasteiger partial charge on any atom is -0.367 e. The van der Waals surface area contributed by atoms with Crippen molar-refractivity contribution in [3.05, 3.63) is 52.6 Å². The number of nitrogens with two attached hydrogens (primary N) is 1. The summed E-state index contributed by atoms with van der Waals surface area (Å²) in [7, 11) is 0. The van der Waals surface area contributed by atoms with Crippen LogP contribution in [-0.2, 0) is 6.42 Å². The first-order valence-electron chi connectivity index (χ1n) is 7.43. The van der Waals surface area contributed by atoms with E-state index < -0.39 is 6.23 Å². The van der Waals surface area contributed by atoms with E-state index in [1.165, 1.54) is 11.1 Å². The van der Waals surface area contributed by atoms with Crippen LogP contribution in [0.3, 0.4) is 0 Å². The van der Waals surface area contributed by atoms with Crippen LogP contribution in [0.15, 0.2) is 41.7 Å². The number of nitroso groups, excluding NO2 is 1. The molecule has 1 aliphatic carbocycles. The normalized spacial score (nSPS) is 29.2. The molecule has 3 N–H and O–H groups in total. The first-order valence-corrected chi connectivity index (χ1v) is 7.43. The van der Waals surface area contributed by atoms with Crippen molar-refractivity contribution in [3.63, 3.8) is 0 Å². The van der Waals surface area contributed by atoms with Crippen molar-refractivity contribution in [2.24, 2.45) is 16.8 Å². The highest BCUT2D eigenvalue weighted by Gasteiger charge is 2.38. The predicted octanol–water partition coefficient (Wildman–Crippen LogP) is 1.92. The van der Waals surface area contributed by atoms with Crippen LogP contribution in [0.2, 0.25) is 0 Å². The summed E-state index contributed by atoms with van der Waals surface area (Å²) in [6, 6.07) is 7.86. The summed E-state index contributed by atoms with van der Waals surface area (Å²) < 4.78 is 0. The third-order valence-corrected chi connectivity index (χ3v) is 4.84. The third-order valence-electron chi connectivity index (χ3n) is 4.84. The van der Waals surface area contributed by atoms with E-state index in [9.17, 15) is 10.0 Å². The molecule has 1 aliphatic heterocycles.